The van der Waals surface area contributed by atoms with Gasteiger partial charge in [0.1, 0.15) is 23.1 Å². The van der Waals surface area contributed by atoms with E-state index in [0.29, 0.717) is 22.1 Å². The minimum Gasteiger partial charge on any atom is -0.505 e. The van der Waals surface area contributed by atoms with E-state index in [9.17, 15) is 15.2 Å². The predicted molar refractivity (Wildman–Crippen MR) is 116 cm³/mol. The van der Waals surface area contributed by atoms with Crippen LogP contribution < -0.4 is 9.47 Å². The van der Waals surface area contributed by atoms with Crippen molar-refractivity contribution in [1.29, 1.82) is 0 Å². The van der Waals surface area contributed by atoms with E-state index in [-0.39, 0.29) is 23.1 Å². The van der Waals surface area contributed by atoms with Crippen molar-refractivity contribution in [1.82, 2.24) is 0 Å². The van der Waals surface area contributed by atoms with Crippen LogP contribution >= 0.6 is 23.2 Å². The SMILES string of the molecule is COc1cc(C=Nc2cc(Cl)c([N+](=O)[O-])cc2O)ccc1OCc1ccccc1Cl. The van der Waals surface area contributed by atoms with Crippen LogP contribution in [0.3, 0.4) is 0 Å². The van der Waals surface area contributed by atoms with E-state index in [4.69, 9.17) is 32.7 Å². The molecule has 0 saturated carbocycles. The summed E-state index contributed by atoms with van der Waals surface area (Å²) in [5.74, 6) is 0.654. The van der Waals surface area contributed by atoms with Crippen molar-refractivity contribution in [3.05, 3.63) is 85.9 Å². The molecular weight excluding hydrogens is 431 g/mol. The summed E-state index contributed by atoms with van der Waals surface area (Å²) in [6.45, 7) is 0.276. The van der Waals surface area contributed by atoms with Gasteiger partial charge in [0.05, 0.1) is 18.1 Å². The van der Waals surface area contributed by atoms with Crippen molar-refractivity contribution in [2.45, 2.75) is 6.61 Å². The first-order valence-electron chi connectivity index (χ1n) is 8.64. The molecule has 0 spiro atoms. The van der Waals surface area contributed by atoms with Crippen LogP contribution in [0.1, 0.15) is 11.1 Å². The number of halogens is 2. The van der Waals surface area contributed by atoms with E-state index >= 15 is 0 Å². The summed E-state index contributed by atoms with van der Waals surface area (Å²) < 4.78 is 11.2. The number of phenolic OH excluding ortho intramolecular Hbond substituents is 1. The number of nitro groups is 1. The van der Waals surface area contributed by atoms with Crippen LogP contribution in [0.2, 0.25) is 10.0 Å². The van der Waals surface area contributed by atoms with Crippen LogP contribution in [0.5, 0.6) is 17.2 Å². The Morgan fingerprint density at radius 1 is 1.10 bits per heavy atom. The highest BCUT2D eigenvalue weighted by Crippen LogP contribution is 2.37. The standard InChI is InChI=1S/C21H16Cl2N2O5/c1-29-21-8-13(6-7-20(21)30-12-14-4-2-3-5-15(14)22)11-24-17-9-16(23)18(25(27)28)10-19(17)26/h2-11,26H,12H2,1H3. The maximum Gasteiger partial charge on any atom is 0.291 e. The van der Waals surface area contributed by atoms with E-state index < -0.39 is 10.6 Å². The van der Waals surface area contributed by atoms with E-state index in [1.807, 2.05) is 18.2 Å². The second-order valence-electron chi connectivity index (χ2n) is 6.10. The number of phenols is 1. The van der Waals surface area contributed by atoms with Gasteiger partial charge >= 0.3 is 0 Å². The largest absolute Gasteiger partial charge is 0.505 e. The highest BCUT2D eigenvalue weighted by molar-refractivity contribution is 6.33. The molecule has 30 heavy (non-hydrogen) atoms. The fourth-order valence-electron chi connectivity index (χ4n) is 2.58. The van der Waals surface area contributed by atoms with Gasteiger partial charge in [0, 0.05) is 16.8 Å². The number of aliphatic imine (C=N–C) groups is 1. The summed E-state index contributed by atoms with van der Waals surface area (Å²) in [4.78, 5) is 14.3. The molecule has 1 N–H and O–H groups in total. The first kappa shape index (κ1) is 21.4. The zero-order chi connectivity index (χ0) is 21.7. The molecule has 0 aliphatic carbocycles. The molecule has 9 heteroatoms. The summed E-state index contributed by atoms with van der Waals surface area (Å²) in [5, 5.41) is 21.3. The molecule has 3 aromatic carbocycles. The van der Waals surface area contributed by atoms with Crippen molar-refractivity contribution in [2.75, 3.05) is 7.11 Å². The summed E-state index contributed by atoms with van der Waals surface area (Å²) in [5.41, 5.74) is 1.21. The molecule has 3 rings (SSSR count). The molecule has 0 saturated heterocycles. The van der Waals surface area contributed by atoms with E-state index in [1.165, 1.54) is 19.4 Å². The quantitative estimate of drug-likeness (QED) is 0.275. The molecule has 0 unspecified atom stereocenters. The van der Waals surface area contributed by atoms with Gasteiger partial charge in [-0.3, -0.25) is 15.1 Å². The zero-order valence-electron chi connectivity index (χ0n) is 15.7. The summed E-state index contributed by atoms with van der Waals surface area (Å²) >= 11 is 12.0. The molecule has 0 fully saturated rings. The summed E-state index contributed by atoms with van der Waals surface area (Å²) in [6, 6.07) is 14.7. The average Bonchev–Trinajstić information content (AvgIpc) is 2.73. The number of aromatic hydroxyl groups is 1. The number of hydrogen-bond acceptors (Lipinski definition) is 6. The van der Waals surface area contributed by atoms with Crippen molar-refractivity contribution >= 4 is 40.8 Å². The lowest BCUT2D eigenvalue weighted by atomic mass is 10.2. The van der Waals surface area contributed by atoms with Gasteiger partial charge in [-0.25, -0.2) is 0 Å². The highest BCUT2D eigenvalue weighted by Gasteiger charge is 2.16. The molecule has 0 amide bonds. The van der Waals surface area contributed by atoms with Crippen molar-refractivity contribution in [2.24, 2.45) is 4.99 Å². The third-order valence-corrected chi connectivity index (χ3v) is 4.79. The Kier molecular flexibility index (Phi) is 6.76. The van der Waals surface area contributed by atoms with Crippen molar-refractivity contribution in [3.8, 4) is 17.2 Å². The lowest BCUT2D eigenvalue weighted by molar-refractivity contribution is -0.384. The molecule has 3 aromatic rings. The number of hydrogen-bond donors (Lipinski definition) is 1. The topological polar surface area (TPSA) is 94.2 Å². The van der Waals surface area contributed by atoms with Gasteiger partial charge in [-0.05, 0) is 35.9 Å². The summed E-state index contributed by atoms with van der Waals surface area (Å²) in [6.07, 6.45) is 1.47. The number of rotatable bonds is 7. The number of benzene rings is 3. The fraction of sp³-hybridized carbons (Fsp3) is 0.0952. The Labute approximate surface area is 182 Å². The molecule has 0 aliphatic rings. The van der Waals surface area contributed by atoms with Crippen molar-refractivity contribution in [3.63, 3.8) is 0 Å². The van der Waals surface area contributed by atoms with Crippen LogP contribution in [-0.4, -0.2) is 23.4 Å². The number of methoxy groups -OCH3 is 1. The Morgan fingerprint density at radius 2 is 1.87 bits per heavy atom. The Bertz CT molecular complexity index is 1120. The zero-order valence-corrected chi connectivity index (χ0v) is 17.2. The van der Waals surface area contributed by atoms with E-state index in [2.05, 4.69) is 4.99 Å². The lowest BCUT2D eigenvalue weighted by Crippen LogP contribution is -1.99. The Balaban J connectivity index is 1.79. The predicted octanol–water partition coefficient (Wildman–Crippen LogP) is 5.95. The van der Waals surface area contributed by atoms with Crippen LogP contribution in [0.25, 0.3) is 0 Å². The molecular formula is C21H16Cl2N2O5. The third-order valence-electron chi connectivity index (χ3n) is 4.12. The van der Waals surface area contributed by atoms with Gasteiger partial charge in [-0.15, -0.1) is 0 Å². The van der Waals surface area contributed by atoms with Crippen LogP contribution in [0.15, 0.2) is 59.6 Å². The minimum atomic E-state index is -0.679. The lowest BCUT2D eigenvalue weighted by Gasteiger charge is -2.12. The Morgan fingerprint density at radius 3 is 2.57 bits per heavy atom. The van der Waals surface area contributed by atoms with E-state index in [1.54, 1.807) is 24.3 Å². The third kappa shape index (κ3) is 5.00. The highest BCUT2D eigenvalue weighted by atomic mass is 35.5. The molecule has 0 bridgehead atoms. The van der Waals surface area contributed by atoms with E-state index in [0.717, 1.165) is 11.6 Å². The molecule has 0 aromatic heterocycles. The summed E-state index contributed by atoms with van der Waals surface area (Å²) in [7, 11) is 1.51. The minimum absolute atomic E-state index is 0.101. The van der Waals surface area contributed by atoms with Crippen LogP contribution in [0, 0.1) is 10.1 Å². The molecule has 154 valence electrons. The first-order valence-corrected chi connectivity index (χ1v) is 9.40. The maximum atomic E-state index is 10.9. The molecule has 7 nitrogen and oxygen atoms in total. The molecule has 0 heterocycles. The van der Waals surface area contributed by atoms with Crippen LogP contribution in [0.4, 0.5) is 11.4 Å². The smallest absolute Gasteiger partial charge is 0.291 e. The molecule has 0 aliphatic heterocycles. The monoisotopic (exact) mass is 446 g/mol. The molecule has 0 atom stereocenters. The van der Waals surface area contributed by atoms with Crippen LogP contribution in [-0.2, 0) is 6.61 Å². The molecule has 0 radical (unpaired) electrons. The Hall–Kier alpha value is -3.29. The van der Waals surface area contributed by atoms with Gasteiger partial charge in [0.2, 0.25) is 0 Å². The normalized spacial score (nSPS) is 10.9. The van der Waals surface area contributed by atoms with Gasteiger partial charge in [-0.2, -0.15) is 0 Å². The first-order chi connectivity index (χ1) is 14.4. The van der Waals surface area contributed by atoms with Crippen molar-refractivity contribution < 1.29 is 19.5 Å². The second kappa shape index (κ2) is 9.47. The maximum absolute atomic E-state index is 10.9. The number of ether oxygens (including phenoxy) is 2. The fourth-order valence-corrected chi connectivity index (χ4v) is 3.00. The number of nitrogens with zero attached hydrogens (tertiary/aromatic N) is 2. The van der Waals surface area contributed by atoms with Gasteiger partial charge in [0.15, 0.2) is 11.5 Å². The number of nitro benzene ring substituents is 1. The van der Waals surface area contributed by atoms with Gasteiger partial charge in [0.25, 0.3) is 5.69 Å². The van der Waals surface area contributed by atoms with Gasteiger partial charge < -0.3 is 14.6 Å². The average molecular weight is 447 g/mol. The second-order valence-corrected chi connectivity index (χ2v) is 6.91. The van der Waals surface area contributed by atoms with Gasteiger partial charge in [-0.1, -0.05) is 41.4 Å².